The van der Waals surface area contributed by atoms with Gasteiger partial charge in [0.2, 0.25) is 5.91 Å². The van der Waals surface area contributed by atoms with E-state index in [4.69, 9.17) is 4.74 Å². The molecule has 0 radical (unpaired) electrons. The smallest absolute Gasteiger partial charge is 0.237 e. The largest absolute Gasteiger partial charge is 0.491 e. The SMILES string of the molecule is C=CCC[C@H](O)CN(CCC)CC(=O)N1CCc2sccc2[C@@H]1COc1ccccc1. The third-order valence-electron chi connectivity index (χ3n) is 5.64. The molecule has 0 spiro atoms. The summed E-state index contributed by atoms with van der Waals surface area (Å²) in [5, 5.41) is 12.4. The zero-order valence-corrected chi connectivity index (χ0v) is 19.2. The molecule has 0 saturated carbocycles. The van der Waals surface area contributed by atoms with Crippen molar-refractivity contribution in [2.45, 2.75) is 44.8 Å². The van der Waals surface area contributed by atoms with E-state index in [1.165, 1.54) is 10.4 Å². The molecule has 6 heteroatoms. The first-order valence-corrected chi connectivity index (χ1v) is 12.0. The van der Waals surface area contributed by atoms with Crippen LogP contribution in [-0.2, 0) is 11.2 Å². The number of carbonyl (C=O) groups is 1. The van der Waals surface area contributed by atoms with Gasteiger partial charge in [0.1, 0.15) is 12.4 Å². The third-order valence-corrected chi connectivity index (χ3v) is 6.63. The number of aliphatic hydroxyl groups is 1. The molecular weight excluding hydrogens is 408 g/mol. The molecule has 0 saturated heterocycles. The highest BCUT2D eigenvalue weighted by Gasteiger charge is 2.33. The number of fused-ring (bicyclic) bond motifs is 1. The molecule has 0 fully saturated rings. The van der Waals surface area contributed by atoms with Gasteiger partial charge in [-0.15, -0.1) is 17.9 Å². The minimum atomic E-state index is -0.445. The van der Waals surface area contributed by atoms with Gasteiger partial charge in [-0.2, -0.15) is 0 Å². The number of benzene rings is 1. The second-order valence-electron chi connectivity index (χ2n) is 8.03. The van der Waals surface area contributed by atoms with E-state index in [2.05, 4.69) is 29.8 Å². The summed E-state index contributed by atoms with van der Waals surface area (Å²) >= 11 is 1.76. The van der Waals surface area contributed by atoms with Crippen molar-refractivity contribution in [3.63, 3.8) is 0 Å². The molecule has 1 amide bonds. The Bertz CT molecular complexity index is 823. The maximum Gasteiger partial charge on any atom is 0.237 e. The minimum absolute atomic E-state index is 0.0862. The number of ether oxygens (including phenoxy) is 1. The van der Waals surface area contributed by atoms with Gasteiger partial charge in [0.05, 0.1) is 18.7 Å². The Balaban J connectivity index is 1.68. The van der Waals surface area contributed by atoms with Crippen LogP contribution in [0, 0.1) is 0 Å². The maximum atomic E-state index is 13.4. The summed E-state index contributed by atoms with van der Waals surface area (Å²) in [5.74, 6) is 0.915. The monoisotopic (exact) mass is 442 g/mol. The van der Waals surface area contributed by atoms with Gasteiger partial charge in [-0.25, -0.2) is 0 Å². The highest BCUT2D eigenvalue weighted by Crippen LogP contribution is 2.34. The van der Waals surface area contributed by atoms with Gasteiger partial charge in [-0.1, -0.05) is 31.2 Å². The van der Waals surface area contributed by atoms with Gasteiger partial charge in [-0.3, -0.25) is 9.69 Å². The molecule has 1 aromatic carbocycles. The number of nitrogens with zero attached hydrogens (tertiary/aromatic N) is 2. The van der Waals surface area contributed by atoms with E-state index in [0.29, 0.717) is 32.7 Å². The Kier molecular flexibility index (Phi) is 9.13. The first-order chi connectivity index (χ1) is 15.1. The number of aliphatic hydroxyl groups excluding tert-OH is 1. The second-order valence-corrected chi connectivity index (χ2v) is 9.03. The van der Waals surface area contributed by atoms with Crippen LogP contribution in [0.3, 0.4) is 0 Å². The molecule has 1 aromatic heterocycles. The molecule has 0 aliphatic carbocycles. The van der Waals surface area contributed by atoms with E-state index in [1.807, 2.05) is 41.3 Å². The molecule has 0 bridgehead atoms. The van der Waals surface area contributed by atoms with Gasteiger partial charge in [0.15, 0.2) is 0 Å². The van der Waals surface area contributed by atoms with Crippen LogP contribution in [0.25, 0.3) is 0 Å². The van der Waals surface area contributed by atoms with Gasteiger partial charge in [0, 0.05) is 18.0 Å². The van der Waals surface area contributed by atoms with E-state index in [0.717, 1.165) is 31.6 Å². The number of hydrogen-bond donors (Lipinski definition) is 1. The van der Waals surface area contributed by atoms with E-state index in [-0.39, 0.29) is 11.9 Å². The zero-order chi connectivity index (χ0) is 22.1. The summed E-state index contributed by atoms with van der Waals surface area (Å²) in [7, 11) is 0. The van der Waals surface area contributed by atoms with Crippen molar-refractivity contribution >= 4 is 17.2 Å². The van der Waals surface area contributed by atoms with E-state index in [9.17, 15) is 9.90 Å². The second kappa shape index (κ2) is 12.0. The number of carbonyl (C=O) groups excluding carboxylic acids is 1. The van der Waals surface area contributed by atoms with E-state index in [1.54, 1.807) is 11.3 Å². The van der Waals surface area contributed by atoms with Gasteiger partial charge < -0.3 is 14.7 Å². The molecule has 31 heavy (non-hydrogen) atoms. The molecule has 3 rings (SSSR count). The highest BCUT2D eigenvalue weighted by atomic mass is 32.1. The molecule has 1 N–H and O–H groups in total. The molecule has 1 aliphatic heterocycles. The van der Waals surface area contributed by atoms with Gasteiger partial charge in [0.25, 0.3) is 0 Å². The average molecular weight is 443 g/mol. The lowest BCUT2D eigenvalue weighted by Gasteiger charge is -2.37. The predicted octanol–water partition coefficient (Wildman–Crippen LogP) is 4.29. The minimum Gasteiger partial charge on any atom is -0.491 e. The highest BCUT2D eigenvalue weighted by molar-refractivity contribution is 7.10. The molecule has 5 nitrogen and oxygen atoms in total. The van der Waals surface area contributed by atoms with Crippen molar-refractivity contribution in [1.29, 1.82) is 0 Å². The fourth-order valence-electron chi connectivity index (χ4n) is 4.10. The molecule has 2 heterocycles. The normalized spacial score (nSPS) is 16.7. The summed E-state index contributed by atoms with van der Waals surface area (Å²) in [6.07, 6.45) is 4.66. The lowest BCUT2D eigenvalue weighted by molar-refractivity contribution is -0.136. The summed E-state index contributed by atoms with van der Waals surface area (Å²) in [5.41, 5.74) is 1.20. The first-order valence-electron chi connectivity index (χ1n) is 11.2. The van der Waals surface area contributed by atoms with Crippen molar-refractivity contribution in [1.82, 2.24) is 9.80 Å². The van der Waals surface area contributed by atoms with Crippen LogP contribution < -0.4 is 4.74 Å². The molecule has 2 aromatic rings. The van der Waals surface area contributed by atoms with E-state index < -0.39 is 6.10 Å². The Hall–Kier alpha value is -2.15. The fourth-order valence-corrected chi connectivity index (χ4v) is 5.03. The Morgan fingerprint density at radius 2 is 2.19 bits per heavy atom. The summed E-state index contributed by atoms with van der Waals surface area (Å²) in [6, 6.07) is 11.8. The van der Waals surface area contributed by atoms with Crippen molar-refractivity contribution in [3.8, 4) is 5.75 Å². The number of para-hydroxylation sites is 1. The number of allylic oxidation sites excluding steroid dienone is 1. The lowest BCUT2D eigenvalue weighted by atomic mass is 10.0. The predicted molar refractivity (Wildman–Crippen MR) is 127 cm³/mol. The summed E-state index contributed by atoms with van der Waals surface area (Å²) < 4.78 is 6.06. The lowest BCUT2D eigenvalue weighted by Crippen LogP contribution is -2.47. The van der Waals surface area contributed by atoms with Crippen LogP contribution >= 0.6 is 11.3 Å². The third kappa shape index (κ3) is 6.66. The van der Waals surface area contributed by atoms with Crippen LogP contribution in [0.1, 0.15) is 42.7 Å². The van der Waals surface area contributed by atoms with Crippen LogP contribution in [0.15, 0.2) is 54.4 Å². The number of thiophene rings is 1. The first kappa shape index (κ1) is 23.5. The summed E-state index contributed by atoms with van der Waals surface area (Å²) in [4.78, 5) is 18.8. The van der Waals surface area contributed by atoms with Gasteiger partial charge in [-0.05, 0) is 61.4 Å². The Labute approximate surface area is 189 Å². The molecule has 1 aliphatic rings. The topological polar surface area (TPSA) is 53.0 Å². The fraction of sp³-hybridized carbons (Fsp3) is 0.480. The molecular formula is C25H34N2O3S. The van der Waals surface area contributed by atoms with Crippen molar-refractivity contribution in [2.75, 3.05) is 32.8 Å². The van der Waals surface area contributed by atoms with Crippen LogP contribution in [0.2, 0.25) is 0 Å². The average Bonchev–Trinajstić information content (AvgIpc) is 3.26. The van der Waals surface area contributed by atoms with Crippen LogP contribution in [-0.4, -0.2) is 59.7 Å². The van der Waals surface area contributed by atoms with Crippen molar-refractivity contribution in [2.24, 2.45) is 0 Å². The maximum absolute atomic E-state index is 13.4. The number of hydrogen-bond acceptors (Lipinski definition) is 5. The van der Waals surface area contributed by atoms with Gasteiger partial charge >= 0.3 is 0 Å². The number of rotatable bonds is 12. The standard InChI is InChI=1S/C25H34N2O3S/c1-3-5-9-20(28)17-26(14-4-2)18-25(29)27-15-12-24-22(13-16-31-24)23(27)19-30-21-10-7-6-8-11-21/h3,6-8,10-11,13,16,20,23,28H,1,4-5,9,12,14-15,17-19H2,2H3/t20-,23-/m0/s1. The quantitative estimate of drug-likeness (QED) is 0.498. The van der Waals surface area contributed by atoms with E-state index >= 15 is 0 Å². The zero-order valence-electron chi connectivity index (χ0n) is 18.4. The number of amides is 1. The molecule has 0 unspecified atom stereocenters. The Morgan fingerprint density at radius 1 is 1.39 bits per heavy atom. The van der Waals surface area contributed by atoms with Crippen molar-refractivity contribution < 1.29 is 14.6 Å². The summed E-state index contributed by atoms with van der Waals surface area (Å²) in [6.45, 7) is 8.59. The van der Waals surface area contributed by atoms with Crippen molar-refractivity contribution in [3.05, 3.63) is 64.9 Å². The van der Waals surface area contributed by atoms with Crippen LogP contribution in [0.4, 0.5) is 0 Å². The molecule has 2 atom stereocenters. The molecule has 168 valence electrons. The van der Waals surface area contributed by atoms with Crippen LogP contribution in [0.5, 0.6) is 5.75 Å². The Morgan fingerprint density at radius 3 is 2.94 bits per heavy atom.